The van der Waals surface area contributed by atoms with Crippen LogP contribution in [0, 0.1) is 0 Å². The van der Waals surface area contributed by atoms with E-state index in [1.54, 1.807) is 60.7 Å². The lowest BCUT2D eigenvalue weighted by Crippen LogP contribution is -2.21. The Bertz CT molecular complexity index is 1160. The van der Waals surface area contributed by atoms with Crippen LogP contribution in [0.25, 0.3) is 0 Å². The van der Waals surface area contributed by atoms with Gasteiger partial charge < -0.3 is 15.4 Å². The van der Waals surface area contributed by atoms with Crippen LogP contribution in [0.4, 0.5) is 5.69 Å². The van der Waals surface area contributed by atoms with Crippen molar-refractivity contribution in [3.05, 3.63) is 101 Å². The Morgan fingerprint density at radius 1 is 0.794 bits per heavy atom. The summed E-state index contributed by atoms with van der Waals surface area (Å²) >= 11 is 0. The van der Waals surface area contributed by atoms with E-state index in [9.17, 15) is 19.2 Å². The average molecular weight is 459 g/mol. The minimum Gasteiger partial charge on any atom is -0.454 e. The maximum absolute atomic E-state index is 12.6. The minimum atomic E-state index is -0.702. The second-order valence-electron chi connectivity index (χ2n) is 7.65. The van der Waals surface area contributed by atoms with Crippen molar-refractivity contribution in [2.24, 2.45) is 0 Å². The number of hydrogen-bond acceptors (Lipinski definition) is 5. The smallest absolute Gasteiger partial charge is 0.340 e. The van der Waals surface area contributed by atoms with E-state index in [2.05, 4.69) is 10.6 Å². The first-order valence-electron chi connectivity index (χ1n) is 10.9. The molecular weight excluding hydrogens is 432 g/mol. The molecule has 0 aliphatic heterocycles. The molecule has 3 aromatic carbocycles. The largest absolute Gasteiger partial charge is 0.454 e. The number of esters is 1. The number of carbonyl (C=O) groups is 4. The van der Waals surface area contributed by atoms with Crippen molar-refractivity contribution in [2.75, 3.05) is 18.5 Å². The van der Waals surface area contributed by atoms with Gasteiger partial charge in [0.2, 0.25) is 5.91 Å². The predicted octanol–water partition coefficient (Wildman–Crippen LogP) is 4.05. The second kappa shape index (κ2) is 12.1. The third-order valence-corrected chi connectivity index (χ3v) is 5.06. The Morgan fingerprint density at radius 2 is 1.47 bits per heavy atom. The third-order valence-electron chi connectivity index (χ3n) is 5.06. The summed E-state index contributed by atoms with van der Waals surface area (Å²) in [6.45, 7) is 1.66. The number of Topliss-reactive ketones (excluding diaryl/α,β-unsaturated/α-hetero) is 1. The van der Waals surface area contributed by atoms with Crippen molar-refractivity contribution in [1.82, 2.24) is 5.32 Å². The van der Waals surface area contributed by atoms with Gasteiger partial charge in [0.1, 0.15) is 0 Å². The normalized spacial score (nSPS) is 10.3. The summed E-state index contributed by atoms with van der Waals surface area (Å²) in [5.74, 6) is -1.44. The lowest BCUT2D eigenvalue weighted by molar-refractivity contribution is -0.118. The quantitative estimate of drug-likeness (QED) is 0.271. The fourth-order valence-electron chi connectivity index (χ4n) is 3.26. The number of aryl methyl sites for hydroxylation is 1. The molecule has 0 aliphatic rings. The van der Waals surface area contributed by atoms with Gasteiger partial charge in [0, 0.05) is 24.6 Å². The molecule has 174 valence electrons. The molecule has 7 nitrogen and oxygen atoms in total. The lowest BCUT2D eigenvalue weighted by atomic mass is 10.1. The molecule has 7 heteroatoms. The van der Waals surface area contributed by atoms with Crippen LogP contribution in [0.2, 0.25) is 0 Å². The Kier molecular flexibility index (Phi) is 8.68. The van der Waals surface area contributed by atoms with Gasteiger partial charge in [-0.3, -0.25) is 14.4 Å². The molecule has 0 fully saturated rings. The van der Waals surface area contributed by atoms with Gasteiger partial charge >= 0.3 is 5.97 Å². The zero-order valence-corrected chi connectivity index (χ0v) is 18.9. The van der Waals surface area contributed by atoms with Crippen LogP contribution in [-0.2, 0) is 16.0 Å². The van der Waals surface area contributed by atoms with E-state index in [-0.39, 0.29) is 23.2 Å². The van der Waals surface area contributed by atoms with Crippen LogP contribution >= 0.6 is 0 Å². The Balaban J connectivity index is 1.55. The molecule has 0 radical (unpaired) electrons. The number of ketones is 1. The Hall–Kier alpha value is -4.26. The molecule has 0 unspecified atom stereocenters. The molecule has 0 heterocycles. The van der Waals surface area contributed by atoms with E-state index in [0.29, 0.717) is 23.4 Å². The van der Waals surface area contributed by atoms with Crippen LogP contribution in [0.15, 0.2) is 78.9 Å². The molecule has 0 bridgehead atoms. The van der Waals surface area contributed by atoms with E-state index < -0.39 is 12.6 Å². The molecule has 2 amide bonds. The molecule has 0 aromatic heterocycles. The Labute approximate surface area is 198 Å². The average Bonchev–Trinajstić information content (AvgIpc) is 2.86. The maximum atomic E-state index is 12.6. The number of anilines is 1. The van der Waals surface area contributed by atoms with E-state index in [4.69, 9.17) is 4.74 Å². The molecule has 0 atom stereocenters. The summed E-state index contributed by atoms with van der Waals surface area (Å²) in [5, 5.41) is 5.46. The van der Waals surface area contributed by atoms with E-state index >= 15 is 0 Å². The first-order valence-corrected chi connectivity index (χ1v) is 10.9. The first-order chi connectivity index (χ1) is 16.4. The standard InChI is InChI=1S/C27H26N2O5/c1-19(30)28-17-7-8-20-13-15-21(16-14-20)25(31)18-34-27(33)23-11-5-6-12-24(23)29-26(32)22-9-3-2-4-10-22/h2-6,9-16H,7-8,17-18H2,1H3,(H,28,30)(H,29,32). The lowest BCUT2D eigenvalue weighted by Gasteiger charge is -2.11. The number of amides is 2. The molecule has 2 N–H and O–H groups in total. The molecule has 3 aromatic rings. The van der Waals surface area contributed by atoms with E-state index in [1.807, 2.05) is 12.1 Å². The van der Waals surface area contributed by atoms with Crippen molar-refractivity contribution < 1.29 is 23.9 Å². The van der Waals surface area contributed by atoms with Gasteiger partial charge in [0.25, 0.3) is 5.91 Å². The zero-order chi connectivity index (χ0) is 24.3. The third kappa shape index (κ3) is 7.13. The fourth-order valence-corrected chi connectivity index (χ4v) is 3.26. The number of benzene rings is 3. The number of hydrogen-bond donors (Lipinski definition) is 2. The van der Waals surface area contributed by atoms with Gasteiger partial charge in [-0.2, -0.15) is 0 Å². The summed E-state index contributed by atoms with van der Waals surface area (Å²) < 4.78 is 5.22. The van der Waals surface area contributed by atoms with Gasteiger partial charge in [0.05, 0.1) is 11.3 Å². The summed E-state index contributed by atoms with van der Waals surface area (Å²) in [5.41, 5.74) is 2.40. The van der Waals surface area contributed by atoms with Gasteiger partial charge in [-0.15, -0.1) is 0 Å². The number of rotatable bonds is 10. The van der Waals surface area contributed by atoms with Crippen LogP contribution in [0.5, 0.6) is 0 Å². The van der Waals surface area contributed by atoms with Gasteiger partial charge in [0.15, 0.2) is 12.4 Å². The Morgan fingerprint density at radius 3 is 2.18 bits per heavy atom. The van der Waals surface area contributed by atoms with E-state index in [0.717, 1.165) is 18.4 Å². The number of nitrogens with one attached hydrogen (secondary N) is 2. The monoisotopic (exact) mass is 458 g/mol. The van der Waals surface area contributed by atoms with Crippen molar-refractivity contribution in [1.29, 1.82) is 0 Å². The molecule has 0 spiro atoms. The highest BCUT2D eigenvalue weighted by Gasteiger charge is 2.17. The molecule has 0 aliphatic carbocycles. The minimum absolute atomic E-state index is 0.0586. The highest BCUT2D eigenvalue weighted by atomic mass is 16.5. The second-order valence-corrected chi connectivity index (χ2v) is 7.65. The van der Waals surface area contributed by atoms with Crippen LogP contribution < -0.4 is 10.6 Å². The number of ether oxygens (including phenoxy) is 1. The van der Waals surface area contributed by atoms with Crippen molar-refractivity contribution in [2.45, 2.75) is 19.8 Å². The summed E-state index contributed by atoms with van der Waals surface area (Å²) in [6, 6.07) is 22.2. The van der Waals surface area contributed by atoms with Crippen molar-refractivity contribution in [3.63, 3.8) is 0 Å². The molecule has 3 rings (SSSR count). The summed E-state index contributed by atoms with van der Waals surface area (Å²) in [6.07, 6.45) is 1.57. The fraction of sp³-hybridized carbons (Fsp3) is 0.185. The number of para-hydroxylation sites is 1. The van der Waals surface area contributed by atoms with E-state index in [1.165, 1.54) is 13.0 Å². The molecule has 34 heavy (non-hydrogen) atoms. The SMILES string of the molecule is CC(=O)NCCCc1ccc(C(=O)COC(=O)c2ccccc2NC(=O)c2ccccc2)cc1. The van der Waals surface area contributed by atoms with Crippen LogP contribution in [0.1, 0.15) is 50.0 Å². The maximum Gasteiger partial charge on any atom is 0.340 e. The van der Waals surface area contributed by atoms with Gasteiger partial charge in [-0.25, -0.2) is 4.79 Å². The number of carbonyl (C=O) groups excluding carboxylic acids is 4. The summed E-state index contributed by atoms with van der Waals surface area (Å²) in [4.78, 5) is 48.4. The van der Waals surface area contributed by atoms with Crippen LogP contribution in [-0.4, -0.2) is 36.7 Å². The van der Waals surface area contributed by atoms with Crippen LogP contribution in [0.3, 0.4) is 0 Å². The topological polar surface area (TPSA) is 102 Å². The zero-order valence-electron chi connectivity index (χ0n) is 18.9. The highest BCUT2D eigenvalue weighted by molar-refractivity contribution is 6.08. The molecular formula is C27H26N2O5. The first kappa shape index (κ1) is 24.4. The summed E-state index contributed by atoms with van der Waals surface area (Å²) in [7, 11) is 0. The van der Waals surface area contributed by atoms with Crippen molar-refractivity contribution >= 4 is 29.3 Å². The van der Waals surface area contributed by atoms with Crippen molar-refractivity contribution in [3.8, 4) is 0 Å². The molecule has 0 saturated heterocycles. The van der Waals surface area contributed by atoms with Gasteiger partial charge in [-0.05, 0) is 42.7 Å². The predicted molar refractivity (Wildman–Crippen MR) is 129 cm³/mol. The highest BCUT2D eigenvalue weighted by Crippen LogP contribution is 2.18. The van der Waals surface area contributed by atoms with Gasteiger partial charge in [-0.1, -0.05) is 54.6 Å². The molecule has 0 saturated carbocycles.